The Kier molecular flexibility index (Phi) is 5.97. The molecule has 0 aromatic rings. The molecule has 19 heavy (non-hydrogen) atoms. The molecule has 0 aromatic carbocycles. The predicted octanol–water partition coefficient (Wildman–Crippen LogP) is 2.44. The largest absolute Gasteiger partial charge is 0.330 e. The molecule has 0 spiro atoms. The smallest absolute Gasteiger partial charge is 0.277 e. The minimum absolute atomic E-state index is 0.343. The van der Waals surface area contributed by atoms with Gasteiger partial charge in [-0.15, -0.1) is 0 Å². The molecule has 0 atom stereocenters. The van der Waals surface area contributed by atoms with Crippen LogP contribution in [0, 0.1) is 5.41 Å². The number of nitrogens with zero attached hydrogens (tertiary/aromatic N) is 1. The Hall–Kier alpha value is -0.910. The molecule has 0 aliphatic carbocycles. The number of urea groups is 1. The molecule has 0 radical (unpaired) electrons. The number of carbonyl (C=O) groups is 3. The van der Waals surface area contributed by atoms with E-state index in [1.165, 1.54) is 4.90 Å². The summed E-state index contributed by atoms with van der Waals surface area (Å²) in [6.07, 6.45) is 3.55. The first-order valence-corrected chi connectivity index (χ1v) is 7.89. The highest BCUT2D eigenvalue weighted by atomic mass is 79.9. The summed E-state index contributed by atoms with van der Waals surface area (Å²) in [6, 6.07) is -0.577. The fraction of sp³-hybridized carbons (Fsp3) is 0.769. The van der Waals surface area contributed by atoms with Crippen LogP contribution < -0.4 is 5.32 Å². The van der Waals surface area contributed by atoms with Crippen molar-refractivity contribution in [3.63, 3.8) is 0 Å². The molecule has 1 fully saturated rings. The third-order valence-corrected chi connectivity index (χ3v) is 4.34. The van der Waals surface area contributed by atoms with E-state index in [2.05, 4.69) is 21.2 Å². The third-order valence-electron chi connectivity index (χ3n) is 3.78. The Morgan fingerprint density at radius 2 is 1.74 bits per heavy atom. The fourth-order valence-electron chi connectivity index (χ4n) is 2.35. The first-order valence-electron chi connectivity index (χ1n) is 6.76. The third kappa shape index (κ3) is 3.16. The van der Waals surface area contributed by atoms with Crippen LogP contribution in [0.25, 0.3) is 0 Å². The van der Waals surface area contributed by atoms with E-state index in [1.54, 1.807) is 13.8 Å². The van der Waals surface area contributed by atoms with E-state index in [1.807, 2.05) is 0 Å². The van der Waals surface area contributed by atoms with Gasteiger partial charge in [-0.2, -0.15) is 0 Å². The molecule has 5 nitrogen and oxygen atoms in total. The first-order chi connectivity index (χ1) is 9.03. The maximum absolute atomic E-state index is 12.4. The average molecular weight is 333 g/mol. The van der Waals surface area contributed by atoms with Crippen molar-refractivity contribution in [2.24, 2.45) is 5.41 Å². The van der Waals surface area contributed by atoms with E-state index in [4.69, 9.17) is 0 Å². The highest BCUT2D eigenvalue weighted by Gasteiger charge is 2.51. The summed E-state index contributed by atoms with van der Waals surface area (Å²) in [4.78, 5) is 37.3. The maximum Gasteiger partial charge on any atom is 0.330 e. The van der Waals surface area contributed by atoms with Crippen molar-refractivity contribution >= 4 is 33.8 Å². The van der Waals surface area contributed by atoms with Gasteiger partial charge in [-0.3, -0.25) is 19.8 Å². The standard InChI is InChI=1S/C13H21BrN2O3/c1-3-13(4-2)10(17)15-12(19)16(11(13)18)9-7-5-6-8-14/h3-9H2,1-2H3,(H,15,17,19). The lowest BCUT2D eigenvalue weighted by Crippen LogP contribution is -2.63. The van der Waals surface area contributed by atoms with Crippen molar-refractivity contribution in [1.82, 2.24) is 10.2 Å². The van der Waals surface area contributed by atoms with Crippen LogP contribution >= 0.6 is 15.9 Å². The van der Waals surface area contributed by atoms with Crippen molar-refractivity contribution in [2.45, 2.75) is 46.0 Å². The zero-order chi connectivity index (χ0) is 14.5. The van der Waals surface area contributed by atoms with Crippen molar-refractivity contribution in [1.29, 1.82) is 0 Å². The van der Waals surface area contributed by atoms with Crippen LogP contribution in [0.1, 0.15) is 46.0 Å². The number of imide groups is 2. The molecular weight excluding hydrogens is 312 g/mol. The number of hydrogen-bond acceptors (Lipinski definition) is 3. The molecule has 1 aliphatic rings. The Morgan fingerprint density at radius 3 is 2.26 bits per heavy atom. The van der Waals surface area contributed by atoms with Gasteiger partial charge in [0.1, 0.15) is 5.41 Å². The van der Waals surface area contributed by atoms with Gasteiger partial charge < -0.3 is 0 Å². The lowest BCUT2D eigenvalue weighted by molar-refractivity contribution is -0.152. The number of carbonyl (C=O) groups excluding carboxylic acids is 3. The number of halogens is 1. The van der Waals surface area contributed by atoms with E-state index in [0.29, 0.717) is 19.4 Å². The van der Waals surface area contributed by atoms with Gasteiger partial charge in [-0.05, 0) is 25.7 Å². The molecule has 0 unspecified atom stereocenters. The summed E-state index contributed by atoms with van der Waals surface area (Å²) < 4.78 is 0. The van der Waals surface area contributed by atoms with Gasteiger partial charge >= 0.3 is 6.03 Å². The van der Waals surface area contributed by atoms with E-state index in [0.717, 1.165) is 24.6 Å². The second-order valence-electron chi connectivity index (χ2n) is 4.75. The monoisotopic (exact) mass is 332 g/mol. The average Bonchev–Trinajstić information content (AvgIpc) is 2.39. The predicted molar refractivity (Wildman–Crippen MR) is 75.9 cm³/mol. The Bertz CT molecular complexity index is 367. The molecule has 1 heterocycles. The summed E-state index contributed by atoms with van der Waals surface area (Å²) in [5, 5.41) is 3.23. The molecule has 1 N–H and O–H groups in total. The Morgan fingerprint density at radius 1 is 1.11 bits per heavy atom. The molecule has 0 aromatic heterocycles. The number of rotatable bonds is 7. The van der Waals surface area contributed by atoms with Crippen molar-refractivity contribution in [3.05, 3.63) is 0 Å². The van der Waals surface area contributed by atoms with Gasteiger partial charge in [-0.25, -0.2) is 4.79 Å². The molecule has 4 amide bonds. The summed E-state index contributed by atoms with van der Waals surface area (Å²) in [5.74, 6) is -0.797. The lowest BCUT2D eigenvalue weighted by atomic mass is 9.78. The van der Waals surface area contributed by atoms with E-state index in [9.17, 15) is 14.4 Å². The van der Waals surface area contributed by atoms with E-state index < -0.39 is 17.4 Å². The van der Waals surface area contributed by atoms with Crippen molar-refractivity contribution < 1.29 is 14.4 Å². The summed E-state index contributed by atoms with van der Waals surface area (Å²) in [7, 11) is 0. The van der Waals surface area contributed by atoms with Gasteiger partial charge in [-0.1, -0.05) is 36.2 Å². The topological polar surface area (TPSA) is 66.5 Å². The minimum Gasteiger partial charge on any atom is -0.277 e. The number of hydrogen-bond donors (Lipinski definition) is 1. The molecule has 1 saturated heterocycles. The van der Waals surface area contributed by atoms with Crippen LogP contribution in [-0.2, 0) is 9.59 Å². The van der Waals surface area contributed by atoms with E-state index in [-0.39, 0.29) is 5.91 Å². The van der Waals surface area contributed by atoms with Crippen LogP contribution in [-0.4, -0.2) is 34.6 Å². The summed E-state index contributed by atoms with van der Waals surface area (Å²) >= 11 is 3.34. The second-order valence-corrected chi connectivity index (χ2v) is 5.55. The van der Waals surface area contributed by atoms with Gasteiger partial charge in [0, 0.05) is 11.9 Å². The zero-order valence-electron chi connectivity index (χ0n) is 11.5. The molecule has 0 saturated carbocycles. The van der Waals surface area contributed by atoms with Crippen LogP contribution in [0.4, 0.5) is 4.79 Å². The van der Waals surface area contributed by atoms with Crippen molar-refractivity contribution in [3.8, 4) is 0 Å². The highest BCUT2D eigenvalue weighted by Crippen LogP contribution is 2.32. The molecule has 6 heteroatoms. The molecule has 108 valence electrons. The fourth-order valence-corrected chi connectivity index (χ4v) is 2.75. The second kappa shape index (κ2) is 7.03. The van der Waals surface area contributed by atoms with Crippen LogP contribution in [0.2, 0.25) is 0 Å². The SMILES string of the molecule is CCC1(CC)C(=O)NC(=O)N(CCCCCBr)C1=O. The number of nitrogens with one attached hydrogen (secondary N) is 1. The van der Waals surface area contributed by atoms with Crippen LogP contribution in [0.5, 0.6) is 0 Å². The quantitative estimate of drug-likeness (QED) is 0.442. The van der Waals surface area contributed by atoms with Gasteiger partial charge in [0.2, 0.25) is 11.8 Å². The summed E-state index contributed by atoms with van der Waals surface area (Å²) in [5.41, 5.74) is -1.07. The summed E-state index contributed by atoms with van der Waals surface area (Å²) in [6.45, 7) is 3.99. The first kappa shape index (κ1) is 16.1. The molecule has 1 rings (SSSR count). The number of alkyl halides is 1. The number of barbiturate groups is 1. The number of unbranched alkanes of at least 4 members (excludes halogenated alkanes) is 2. The highest BCUT2D eigenvalue weighted by molar-refractivity contribution is 9.09. The van der Waals surface area contributed by atoms with Crippen LogP contribution in [0.3, 0.4) is 0 Å². The van der Waals surface area contributed by atoms with E-state index >= 15 is 0 Å². The molecule has 0 bridgehead atoms. The normalized spacial score (nSPS) is 18.7. The Labute approximate surface area is 122 Å². The van der Waals surface area contributed by atoms with Gasteiger partial charge in [0.05, 0.1) is 0 Å². The van der Waals surface area contributed by atoms with Gasteiger partial charge in [0.25, 0.3) is 0 Å². The molecular formula is C13H21BrN2O3. The minimum atomic E-state index is -1.07. The zero-order valence-corrected chi connectivity index (χ0v) is 13.1. The Balaban J connectivity index is 2.78. The van der Waals surface area contributed by atoms with Gasteiger partial charge in [0.15, 0.2) is 0 Å². The van der Waals surface area contributed by atoms with Crippen LogP contribution in [0.15, 0.2) is 0 Å². The van der Waals surface area contributed by atoms with Crippen molar-refractivity contribution in [2.75, 3.05) is 11.9 Å². The maximum atomic E-state index is 12.4. The number of amides is 4. The molecule has 1 aliphatic heterocycles. The lowest BCUT2D eigenvalue weighted by Gasteiger charge is -2.38.